The van der Waals surface area contributed by atoms with Gasteiger partial charge in [0.2, 0.25) is 5.91 Å². The number of nitrogens with zero attached hydrogens (tertiary/aromatic N) is 3. The van der Waals surface area contributed by atoms with Gasteiger partial charge in [0.25, 0.3) is 5.56 Å². The van der Waals surface area contributed by atoms with Gasteiger partial charge in [0.15, 0.2) is 11.6 Å². The molecular weight excluding hydrogens is 432 g/mol. The molecule has 0 atom stereocenters. The summed E-state index contributed by atoms with van der Waals surface area (Å²) in [6.07, 6.45) is 1.38. The van der Waals surface area contributed by atoms with Crippen molar-refractivity contribution in [3.8, 4) is 16.9 Å². The molecular formula is C23H19F2N5O3. The van der Waals surface area contributed by atoms with Gasteiger partial charge < -0.3 is 20.4 Å². The highest BCUT2D eigenvalue weighted by molar-refractivity contribution is 5.95. The molecule has 1 fully saturated rings. The summed E-state index contributed by atoms with van der Waals surface area (Å²) in [5.74, 6) is -3.01. The molecule has 33 heavy (non-hydrogen) atoms. The molecule has 4 aromatic rings. The van der Waals surface area contributed by atoms with Crippen LogP contribution < -0.4 is 16.2 Å². The van der Waals surface area contributed by atoms with Gasteiger partial charge >= 0.3 is 0 Å². The molecule has 0 saturated carbocycles. The fourth-order valence-corrected chi connectivity index (χ4v) is 4.01. The first-order chi connectivity index (χ1) is 15.9. The molecule has 0 unspecified atom stereocenters. The Labute approximate surface area is 186 Å². The third kappa shape index (κ3) is 3.64. The highest BCUT2D eigenvalue weighted by Crippen LogP contribution is 2.31. The number of rotatable bonds is 4. The molecule has 0 radical (unpaired) electrons. The van der Waals surface area contributed by atoms with E-state index in [-0.39, 0.29) is 22.2 Å². The lowest BCUT2D eigenvalue weighted by Crippen LogP contribution is -2.36. The zero-order valence-corrected chi connectivity index (χ0v) is 17.3. The van der Waals surface area contributed by atoms with Gasteiger partial charge in [-0.25, -0.2) is 13.5 Å². The summed E-state index contributed by atoms with van der Waals surface area (Å²) in [6, 6.07) is 10.6. The highest BCUT2D eigenvalue weighted by Gasteiger charge is 2.22. The second kappa shape index (κ2) is 8.14. The molecule has 0 spiro atoms. The van der Waals surface area contributed by atoms with E-state index in [1.54, 1.807) is 0 Å². The summed E-state index contributed by atoms with van der Waals surface area (Å²) in [7, 11) is 0. The number of nitrogens with one attached hydrogen (secondary N) is 1. The first kappa shape index (κ1) is 20.8. The van der Waals surface area contributed by atoms with Crippen LogP contribution in [-0.2, 0) is 4.74 Å². The second-order valence-corrected chi connectivity index (χ2v) is 7.63. The number of carbonyl (C=O) groups excluding carboxylic acids is 1. The summed E-state index contributed by atoms with van der Waals surface area (Å²) in [6.45, 7) is 2.85. The minimum atomic E-state index is -1.03. The van der Waals surface area contributed by atoms with Crippen LogP contribution in [0.25, 0.3) is 27.8 Å². The number of ether oxygens (including phenoxy) is 1. The van der Waals surface area contributed by atoms with Gasteiger partial charge in [-0.1, -0.05) is 12.1 Å². The largest absolute Gasteiger partial charge is 0.378 e. The van der Waals surface area contributed by atoms with Gasteiger partial charge in [-0.2, -0.15) is 5.10 Å². The molecule has 5 rings (SSSR count). The first-order valence-corrected chi connectivity index (χ1v) is 10.3. The number of aromatic amines is 1. The lowest BCUT2D eigenvalue weighted by molar-refractivity contribution is 0.0999. The zero-order chi connectivity index (χ0) is 23.1. The van der Waals surface area contributed by atoms with Gasteiger partial charge in [0.1, 0.15) is 11.4 Å². The summed E-state index contributed by atoms with van der Waals surface area (Å²) in [5, 5.41) is 4.59. The van der Waals surface area contributed by atoms with Crippen molar-refractivity contribution in [1.29, 1.82) is 0 Å². The van der Waals surface area contributed by atoms with E-state index in [0.29, 0.717) is 18.8 Å². The molecule has 0 aliphatic carbocycles. The smallest absolute Gasteiger partial charge is 0.259 e. The number of hydrogen-bond donors (Lipinski definition) is 2. The Morgan fingerprint density at radius 2 is 1.73 bits per heavy atom. The van der Waals surface area contributed by atoms with Crippen LogP contribution in [0.4, 0.5) is 14.5 Å². The van der Waals surface area contributed by atoms with Crippen LogP contribution in [0.15, 0.2) is 53.5 Å². The van der Waals surface area contributed by atoms with Gasteiger partial charge in [0.05, 0.1) is 24.1 Å². The van der Waals surface area contributed by atoms with Crippen molar-refractivity contribution in [3.63, 3.8) is 0 Å². The Kier molecular flexibility index (Phi) is 5.14. The average Bonchev–Trinajstić information content (AvgIpc) is 3.20. The number of halogens is 2. The number of nitrogens with two attached hydrogens (primary N) is 1. The third-order valence-electron chi connectivity index (χ3n) is 5.63. The van der Waals surface area contributed by atoms with Crippen LogP contribution in [0.3, 0.4) is 0 Å². The van der Waals surface area contributed by atoms with E-state index in [4.69, 9.17) is 10.5 Å². The fraction of sp³-hybridized carbons (Fsp3) is 0.174. The maximum absolute atomic E-state index is 14.8. The normalized spacial score (nSPS) is 14.1. The maximum Gasteiger partial charge on any atom is 0.259 e. The minimum Gasteiger partial charge on any atom is -0.378 e. The van der Waals surface area contributed by atoms with Crippen molar-refractivity contribution >= 4 is 22.5 Å². The molecule has 8 nitrogen and oxygen atoms in total. The summed E-state index contributed by atoms with van der Waals surface area (Å²) in [4.78, 5) is 28.8. The van der Waals surface area contributed by atoms with Crippen LogP contribution in [0.5, 0.6) is 0 Å². The number of primary amides is 1. The summed E-state index contributed by atoms with van der Waals surface area (Å²) < 4.78 is 36.1. The standard InChI is InChI=1S/C23H19F2N5O3/c24-16-11-14(22(26)31)12-17(25)21(16)30-18-5-6-27-23(32)19(18)20(28-30)13-1-3-15(4-2-13)29-7-9-33-10-8-29/h1-6,11-12H,7-10H2,(H2,26,31)(H,27,32). The van der Waals surface area contributed by atoms with Crippen LogP contribution in [0, 0.1) is 11.6 Å². The molecule has 1 saturated heterocycles. The molecule has 1 aliphatic heterocycles. The average molecular weight is 451 g/mol. The van der Waals surface area contributed by atoms with Crippen LogP contribution in [0.2, 0.25) is 0 Å². The van der Waals surface area contributed by atoms with Crippen molar-refractivity contribution in [2.45, 2.75) is 0 Å². The van der Waals surface area contributed by atoms with Crippen molar-refractivity contribution in [3.05, 3.63) is 76.2 Å². The Hall–Kier alpha value is -4.05. The van der Waals surface area contributed by atoms with Gasteiger partial charge in [0, 0.05) is 36.1 Å². The number of aromatic nitrogens is 3. The number of carbonyl (C=O) groups is 1. The number of anilines is 1. The Morgan fingerprint density at radius 1 is 1.06 bits per heavy atom. The SMILES string of the molecule is NC(=O)c1cc(F)c(-n2nc(-c3ccc(N4CCOCC4)cc3)c3c(=O)[nH]ccc32)c(F)c1. The van der Waals surface area contributed by atoms with Crippen molar-refractivity contribution in [2.24, 2.45) is 5.73 Å². The number of H-pyrrole nitrogens is 1. The number of pyridine rings is 1. The maximum atomic E-state index is 14.8. The molecule has 2 aromatic heterocycles. The van der Waals surface area contributed by atoms with Crippen LogP contribution >= 0.6 is 0 Å². The molecule has 10 heteroatoms. The number of morpholine rings is 1. The van der Waals surface area contributed by atoms with Crippen LogP contribution in [0.1, 0.15) is 10.4 Å². The van der Waals surface area contributed by atoms with Gasteiger partial charge in [-0.3, -0.25) is 9.59 Å². The van der Waals surface area contributed by atoms with Gasteiger partial charge in [-0.15, -0.1) is 0 Å². The monoisotopic (exact) mass is 451 g/mol. The van der Waals surface area contributed by atoms with Crippen molar-refractivity contribution in [2.75, 3.05) is 31.2 Å². The molecule has 1 amide bonds. The molecule has 3 N–H and O–H groups in total. The topological polar surface area (TPSA) is 106 Å². The Bertz CT molecular complexity index is 1400. The lowest BCUT2D eigenvalue weighted by Gasteiger charge is -2.28. The minimum absolute atomic E-state index is 0.189. The molecule has 2 aromatic carbocycles. The molecule has 0 bridgehead atoms. The Morgan fingerprint density at radius 3 is 2.36 bits per heavy atom. The number of benzene rings is 2. The van der Waals surface area contributed by atoms with E-state index in [1.165, 1.54) is 12.3 Å². The number of fused-ring (bicyclic) bond motifs is 1. The summed E-state index contributed by atoms with van der Waals surface area (Å²) >= 11 is 0. The second-order valence-electron chi connectivity index (χ2n) is 7.63. The molecule has 3 heterocycles. The van der Waals surface area contributed by atoms with E-state index >= 15 is 0 Å². The Balaban J connectivity index is 1.65. The van der Waals surface area contributed by atoms with E-state index in [2.05, 4.69) is 15.0 Å². The van der Waals surface area contributed by atoms with Crippen LogP contribution in [-0.4, -0.2) is 47.0 Å². The molecule has 1 aliphatic rings. The molecule has 168 valence electrons. The van der Waals surface area contributed by atoms with Crippen molar-refractivity contribution < 1.29 is 18.3 Å². The zero-order valence-electron chi connectivity index (χ0n) is 17.3. The van der Waals surface area contributed by atoms with E-state index in [0.717, 1.165) is 35.6 Å². The lowest BCUT2D eigenvalue weighted by atomic mass is 10.1. The highest BCUT2D eigenvalue weighted by atomic mass is 19.1. The van der Waals surface area contributed by atoms with Gasteiger partial charge in [-0.05, 0) is 30.3 Å². The summed E-state index contributed by atoms with van der Waals surface area (Å²) in [5.41, 5.74) is 6.00. The quantitative estimate of drug-likeness (QED) is 0.496. The number of hydrogen-bond acceptors (Lipinski definition) is 5. The van der Waals surface area contributed by atoms with E-state index in [1.807, 2.05) is 24.3 Å². The number of amides is 1. The van der Waals surface area contributed by atoms with E-state index < -0.39 is 28.8 Å². The predicted molar refractivity (Wildman–Crippen MR) is 119 cm³/mol. The fourth-order valence-electron chi connectivity index (χ4n) is 4.01. The third-order valence-corrected chi connectivity index (χ3v) is 5.63. The predicted octanol–water partition coefficient (Wildman–Crippen LogP) is 2.59. The van der Waals surface area contributed by atoms with E-state index in [9.17, 15) is 18.4 Å². The first-order valence-electron chi connectivity index (χ1n) is 10.3. The van der Waals surface area contributed by atoms with Crippen molar-refractivity contribution in [1.82, 2.24) is 14.8 Å².